The number of hydrogen-bond donors (Lipinski definition) is 1. The van der Waals surface area contributed by atoms with Gasteiger partial charge in [-0.2, -0.15) is 4.98 Å². The summed E-state index contributed by atoms with van der Waals surface area (Å²) in [6.45, 7) is 0. The number of anilines is 2. The minimum absolute atomic E-state index is 0.137. The zero-order chi connectivity index (χ0) is 13.8. The monoisotopic (exact) mass is 315 g/mol. The van der Waals surface area contributed by atoms with Crippen LogP contribution in [0.4, 0.5) is 11.5 Å². The molecular formula is C11H11Cl2N5S. The smallest absolute Gasteiger partial charge is 0.224 e. The maximum absolute atomic E-state index is 6.02. The molecule has 0 saturated carbocycles. The van der Waals surface area contributed by atoms with E-state index >= 15 is 0 Å². The predicted octanol–water partition coefficient (Wildman–Crippen LogP) is 3.49. The number of aromatic nitrogens is 3. The van der Waals surface area contributed by atoms with Crippen LogP contribution in [0.1, 0.15) is 0 Å². The molecule has 2 rings (SSSR count). The van der Waals surface area contributed by atoms with Crippen molar-refractivity contribution < 1.29 is 0 Å². The highest BCUT2D eigenvalue weighted by molar-refractivity contribution is 7.97. The van der Waals surface area contributed by atoms with E-state index in [1.807, 2.05) is 24.5 Å². The Morgan fingerprint density at radius 2 is 2.05 bits per heavy atom. The first kappa shape index (κ1) is 14.3. The molecule has 0 aliphatic carbocycles. The second kappa shape index (κ2) is 6.38. The van der Waals surface area contributed by atoms with Crippen molar-refractivity contribution >= 4 is 46.7 Å². The van der Waals surface area contributed by atoms with E-state index in [0.717, 1.165) is 10.6 Å². The summed E-state index contributed by atoms with van der Waals surface area (Å²) in [6.07, 6.45) is 4.89. The molecule has 0 aliphatic rings. The highest BCUT2D eigenvalue weighted by atomic mass is 35.5. The summed E-state index contributed by atoms with van der Waals surface area (Å²) in [6, 6.07) is 1.91. The van der Waals surface area contributed by atoms with Crippen LogP contribution in [0, 0.1) is 0 Å². The molecule has 100 valence electrons. The SMILES string of the molecule is CN(C)Sc1ccncc1Nc1nc(Cl)ncc1Cl. The molecule has 0 aromatic carbocycles. The fraction of sp³-hybridized carbons (Fsp3) is 0.182. The van der Waals surface area contributed by atoms with Gasteiger partial charge in [0.2, 0.25) is 5.28 Å². The Labute approximate surface area is 125 Å². The number of hydrogen-bond acceptors (Lipinski definition) is 6. The molecule has 2 aromatic rings. The molecule has 0 fully saturated rings. The van der Waals surface area contributed by atoms with E-state index in [2.05, 4.69) is 20.3 Å². The number of pyridine rings is 1. The van der Waals surface area contributed by atoms with Gasteiger partial charge in [-0.05, 0) is 43.7 Å². The summed E-state index contributed by atoms with van der Waals surface area (Å²) >= 11 is 13.3. The first-order valence-electron chi connectivity index (χ1n) is 5.30. The third-order valence-corrected chi connectivity index (χ3v) is 3.41. The molecule has 0 atom stereocenters. The highest BCUT2D eigenvalue weighted by Gasteiger charge is 2.09. The van der Waals surface area contributed by atoms with Gasteiger partial charge in [0.25, 0.3) is 0 Å². The van der Waals surface area contributed by atoms with Crippen LogP contribution in [0.2, 0.25) is 10.3 Å². The van der Waals surface area contributed by atoms with Gasteiger partial charge < -0.3 is 5.32 Å². The summed E-state index contributed by atoms with van der Waals surface area (Å²) in [4.78, 5) is 12.9. The van der Waals surface area contributed by atoms with E-state index in [9.17, 15) is 0 Å². The largest absolute Gasteiger partial charge is 0.337 e. The van der Waals surface area contributed by atoms with Crippen LogP contribution in [0.5, 0.6) is 0 Å². The third kappa shape index (κ3) is 3.94. The van der Waals surface area contributed by atoms with E-state index in [1.54, 1.807) is 24.3 Å². The molecule has 2 aromatic heterocycles. The lowest BCUT2D eigenvalue weighted by atomic mass is 10.4. The molecule has 2 heterocycles. The Morgan fingerprint density at radius 1 is 1.26 bits per heavy atom. The van der Waals surface area contributed by atoms with Gasteiger partial charge in [0.1, 0.15) is 5.02 Å². The Bertz CT molecular complexity index is 579. The Kier molecular flexibility index (Phi) is 4.81. The minimum Gasteiger partial charge on any atom is -0.337 e. The van der Waals surface area contributed by atoms with Crippen molar-refractivity contribution in [3.8, 4) is 0 Å². The molecule has 0 radical (unpaired) electrons. The quantitative estimate of drug-likeness (QED) is 0.688. The van der Waals surface area contributed by atoms with Crippen LogP contribution in [-0.4, -0.2) is 33.4 Å². The molecule has 8 heteroatoms. The van der Waals surface area contributed by atoms with Gasteiger partial charge >= 0.3 is 0 Å². The van der Waals surface area contributed by atoms with E-state index < -0.39 is 0 Å². The molecule has 0 spiro atoms. The zero-order valence-electron chi connectivity index (χ0n) is 10.3. The van der Waals surface area contributed by atoms with E-state index in [4.69, 9.17) is 23.2 Å². The molecular weight excluding hydrogens is 305 g/mol. The summed E-state index contributed by atoms with van der Waals surface area (Å²) in [5, 5.41) is 3.64. The molecule has 0 aliphatic heterocycles. The summed E-state index contributed by atoms with van der Waals surface area (Å²) in [7, 11) is 3.92. The lowest BCUT2D eigenvalue weighted by Crippen LogP contribution is -2.02. The van der Waals surface area contributed by atoms with Crippen molar-refractivity contribution in [3.05, 3.63) is 35.0 Å². The Hall–Kier alpha value is -1.08. The molecule has 0 amide bonds. The van der Waals surface area contributed by atoms with Crippen molar-refractivity contribution in [2.75, 3.05) is 19.4 Å². The fourth-order valence-corrected chi connectivity index (χ4v) is 2.30. The maximum atomic E-state index is 6.02. The van der Waals surface area contributed by atoms with E-state index in [-0.39, 0.29) is 5.28 Å². The Morgan fingerprint density at radius 3 is 2.79 bits per heavy atom. The summed E-state index contributed by atoms with van der Waals surface area (Å²) < 4.78 is 1.98. The van der Waals surface area contributed by atoms with Gasteiger partial charge in [-0.3, -0.25) is 9.29 Å². The van der Waals surface area contributed by atoms with Gasteiger partial charge in [-0.25, -0.2) is 4.98 Å². The van der Waals surface area contributed by atoms with E-state index in [1.165, 1.54) is 6.20 Å². The Balaban J connectivity index is 2.30. The van der Waals surface area contributed by atoms with Crippen molar-refractivity contribution in [2.45, 2.75) is 4.90 Å². The zero-order valence-corrected chi connectivity index (χ0v) is 12.6. The molecule has 5 nitrogen and oxygen atoms in total. The summed E-state index contributed by atoms with van der Waals surface area (Å²) in [5.41, 5.74) is 0.804. The number of halogens is 2. The molecule has 19 heavy (non-hydrogen) atoms. The van der Waals surface area contributed by atoms with Gasteiger partial charge in [-0.15, -0.1) is 0 Å². The topological polar surface area (TPSA) is 53.9 Å². The second-order valence-electron chi connectivity index (χ2n) is 3.74. The van der Waals surface area contributed by atoms with Crippen LogP contribution < -0.4 is 5.32 Å². The van der Waals surface area contributed by atoms with Crippen LogP contribution in [0.3, 0.4) is 0 Å². The molecule has 0 saturated heterocycles. The van der Waals surface area contributed by atoms with E-state index in [0.29, 0.717) is 10.8 Å². The number of rotatable bonds is 4. The predicted molar refractivity (Wildman–Crippen MR) is 79.1 cm³/mol. The number of nitrogens with zero attached hydrogens (tertiary/aromatic N) is 4. The highest BCUT2D eigenvalue weighted by Crippen LogP contribution is 2.31. The van der Waals surface area contributed by atoms with Crippen molar-refractivity contribution in [3.63, 3.8) is 0 Å². The standard InChI is InChI=1S/C11H11Cl2N5S/c1-18(2)19-9-3-4-14-6-8(9)16-10-7(12)5-15-11(13)17-10/h3-6H,1-2H3,(H,15,16,17). The van der Waals surface area contributed by atoms with Gasteiger partial charge in [0.05, 0.1) is 18.1 Å². The van der Waals surface area contributed by atoms with Crippen molar-refractivity contribution in [1.29, 1.82) is 0 Å². The average molecular weight is 316 g/mol. The second-order valence-corrected chi connectivity index (χ2v) is 5.83. The van der Waals surface area contributed by atoms with Gasteiger partial charge in [-0.1, -0.05) is 11.6 Å². The third-order valence-electron chi connectivity index (χ3n) is 2.03. The first-order chi connectivity index (χ1) is 9.06. The lowest BCUT2D eigenvalue weighted by Gasteiger charge is -2.14. The summed E-state index contributed by atoms with van der Waals surface area (Å²) in [5.74, 6) is 0.454. The normalized spacial score (nSPS) is 10.8. The van der Waals surface area contributed by atoms with Gasteiger partial charge in [0, 0.05) is 11.1 Å². The van der Waals surface area contributed by atoms with Crippen LogP contribution in [0.25, 0.3) is 0 Å². The maximum Gasteiger partial charge on any atom is 0.224 e. The first-order valence-corrected chi connectivity index (χ1v) is 6.83. The molecule has 0 unspecified atom stereocenters. The average Bonchev–Trinajstić information content (AvgIpc) is 2.35. The molecule has 1 N–H and O–H groups in total. The fourth-order valence-electron chi connectivity index (χ4n) is 1.31. The van der Waals surface area contributed by atoms with Crippen LogP contribution in [-0.2, 0) is 0 Å². The van der Waals surface area contributed by atoms with Crippen LogP contribution in [0.15, 0.2) is 29.6 Å². The van der Waals surface area contributed by atoms with Crippen molar-refractivity contribution in [2.24, 2.45) is 0 Å². The minimum atomic E-state index is 0.137. The molecule has 0 bridgehead atoms. The van der Waals surface area contributed by atoms with Gasteiger partial charge in [0.15, 0.2) is 5.82 Å². The van der Waals surface area contributed by atoms with Crippen molar-refractivity contribution in [1.82, 2.24) is 19.3 Å². The van der Waals surface area contributed by atoms with Crippen LogP contribution >= 0.6 is 35.1 Å². The number of nitrogens with one attached hydrogen (secondary N) is 1. The lowest BCUT2D eigenvalue weighted by molar-refractivity contribution is 0.703.